The number of carbonyl (C=O) groups is 2. The van der Waals surface area contributed by atoms with Gasteiger partial charge in [-0.05, 0) is 44.5 Å². The van der Waals surface area contributed by atoms with Gasteiger partial charge in [-0.25, -0.2) is 9.78 Å². The highest BCUT2D eigenvalue weighted by Gasteiger charge is 2.23. The van der Waals surface area contributed by atoms with Crippen LogP contribution in [0.2, 0.25) is 5.15 Å². The van der Waals surface area contributed by atoms with Crippen molar-refractivity contribution in [3.63, 3.8) is 0 Å². The average molecular weight is 397 g/mol. The zero-order valence-corrected chi connectivity index (χ0v) is 15.2. The van der Waals surface area contributed by atoms with Crippen LogP contribution in [0.5, 0.6) is 0 Å². The predicted molar refractivity (Wildman–Crippen MR) is 92.1 cm³/mol. The van der Waals surface area contributed by atoms with Crippen LogP contribution in [0.4, 0.5) is 0 Å². The van der Waals surface area contributed by atoms with Crippen LogP contribution in [0.15, 0.2) is 34.8 Å². The molecule has 0 saturated heterocycles. The molecule has 1 atom stereocenters. The van der Waals surface area contributed by atoms with Gasteiger partial charge in [-0.15, -0.1) is 0 Å². The lowest BCUT2D eigenvalue weighted by atomic mass is 10.1. The maximum Gasteiger partial charge on any atom is 0.342 e. The maximum atomic E-state index is 12.3. The molecule has 0 spiro atoms. The molecule has 0 saturated carbocycles. The minimum atomic E-state index is -0.916. The van der Waals surface area contributed by atoms with E-state index in [2.05, 4.69) is 20.9 Å². The van der Waals surface area contributed by atoms with E-state index in [4.69, 9.17) is 16.3 Å². The van der Waals surface area contributed by atoms with Crippen LogP contribution in [-0.4, -0.2) is 22.8 Å². The molecule has 0 N–H and O–H groups in total. The Balaban J connectivity index is 2.17. The van der Waals surface area contributed by atoms with Crippen molar-refractivity contribution in [2.45, 2.75) is 26.9 Å². The van der Waals surface area contributed by atoms with Crippen LogP contribution in [0, 0.1) is 13.8 Å². The third-order valence-corrected chi connectivity index (χ3v) is 4.09. The number of ether oxygens (including phenoxy) is 1. The zero-order chi connectivity index (χ0) is 17.1. The number of ketones is 1. The Hall–Kier alpha value is -1.72. The minimum Gasteiger partial charge on any atom is -0.451 e. The summed E-state index contributed by atoms with van der Waals surface area (Å²) in [4.78, 5) is 28.6. The molecule has 1 heterocycles. The van der Waals surface area contributed by atoms with Gasteiger partial charge in [0.1, 0.15) is 5.15 Å². The molecule has 2 rings (SSSR count). The third-order valence-electron chi connectivity index (χ3n) is 3.29. The zero-order valence-electron chi connectivity index (χ0n) is 12.9. The minimum absolute atomic E-state index is 0.0794. The van der Waals surface area contributed by atoms with Gasteiger partial charge in [-0.1, -0.05) is 39.7 Å². The SMILES string of the molecule is Cc1cc(C)c(C(=O)O[C@@H](C)C(=O)c2ccc(Br)cc2)c(Cl)n1. The number of carbonyl (C=O) groups excluding carboxylic acids is 2. The first kappa shape index (κ1) is 17.6. The molecule has 0 amide bonds. The average Bonchev–Trinajstić information content (AvgIpc) is 2.46. The summed E-state index contributed by atoms with van der Waals surface area (Å²) in [5.74, 6) is -0.933. The highest BCUT2D eigenvalue weighted by atomic mass is 79.9. The summed E-state index contributed by atoms with van der Waals surface area (Å²) in [5, 5.41) is 0.0794. The van der Waals surface area contributed by atoms with Crippen LogP contribution in [0.25, 0.3) is 0 Å². The molecule has 0 radical (unpaired) electrons. The number of nitrogens with zero attached hydrogens (tertiary/aromatic N) is 1. The largest absolute Gasteiger partial charge is 0.451 e. The second-order valence-corrected chi connectivity index (χ2v) is 6.44. The Kier molecular flexibility index (Phi) is 5.55. The van der Waals surface area contributed by atoms with E-state index in [9.17, 15) is 9.59 Å². The Bertz CT molecular complexity index is 736. The van der Waals surface area contributed by atoms with Gasteiger partial charge in [-0.3, -0.25) is 4.79 Å². The standard InChI is InChI=1S/C17H15BrClNO3/c1-9-8-10(2)20-16(19)14(9)17(22)23-11(3)15(21)12-4-6-13(18)7-5-12/h4-8,11H,1-3H3/t11-/m0/s1. The van der Waals surface area contributed by atoms with Crippen LogP contribution < -0.4 is 0 Å². The van der Waals surface area contributed by atoms with Crippen molar-refractivity contribution in [1.82, 2.24) is 4.98 Å². The van der Waals surface area contributed by atoms with E-state index in [1.165, 1.54) is 6.92 Å². The second kappa shape index (κ2) is 7.23. The number of esters is 1. The van der Waals surface area contributed by atoms with Crippen molar-refractivity contribution < 1.29 is 14.3 Å². The molecule has 0 aliphatic carbocycles. The molecule has 6 heteroatoms. The Labute approximate surface area is 148 Å². The number of hydrogen-bond acceptors (Lipinski definition) is 4. The summed E-state index contributed by atoms with van der Waals surface area (Å²) in [6, 6.07) is 8.59. The summed E-state index contributed by atoms with van der Waals surface area (Å²) in [6.07, 6.45) is -0.916. The third kappa shape index (κ3) is 4.18. The van der Waals surface area contributed by atoms with Crippen molar-refractivity contribution >= 4 is 39.3 Å². The summed E-state index contributed by atoms with van der Waals surface area (Å²) in [5.41, 5.74) is 2.03. The molecular formula is C17H15BrClNO3. The number of hydrogen-bond donors (Lipinski definition) is 0. The number of pyridine rings is 1. The van der Waals surface area contributed by atoms with Gasteiger partial charge in [0.2, 0.25) is 5.78 Å². The van der Waals surface area contributed by atoms with E-state index >= 15 is 0 Å². The predicted octanol–water partition coefficient (Wildman–Crippen LogP) is 4.54. The monoisotopic (exact) mass is 395 g/mol. The Morgan fingerprint density at radius 2 is 1.83 bits per heavy atom. The Morgan fingerprint density at radius 1 is 1.22 bits per heavy atom. The fourth-order valence-electron chi connectivity index (χ4n) is 2.16. The number of halogens is 2. The number of benzene rings is 1. The molecule has 0 aliphatic rings. The highest BCUT2D eigenvalue weighted by molar-refractivity contribution is 9.10. The first-order valence-electron chi connectivity index (χ1n) is 6.94. The van der Waals surface area contributed by atoms with Crippen molar-refractivity contribution in [1.29, 1.82) is 0 Å². The smallest absolute Gasteiger partial charge is 0.342 e. The van der Waals surface area contributed by atoms with Gasteiger partial charge < -0.3 is 4.74 Å². The number of rotatable bonds is 4. The molecule has 2 aromatic rings. The van der Waals surface area contributed by atoms with E-state index in [1.807, 2.05) is 0 Å². The van der Waals surface area contributed by atoms with E-state index in [-0.39, 0.29) is 16.5 Å². The maximum absolute atomic E-state index is 12.3. The highest BCUT2D eigenvalue weighted by Crippen LogP contribution is 2.21. The quantitative estimate of drug-likeness (QED) is 0.432. The lowest BCUT2D eigenvalue weighted by Gasteiger charge is -2.14. The van der Waals surface area contributed by atoms with Gasteiger partial charge in [0.05, 0.1) is 5.56 Å². The van der Waals surface area contributed by atoms with Crippen LogP contribution in [0.3, 0.4) is 0 Å². The molecule has 0 bridgehead atoms. The fourth-order valence-corrected chi connectivity index (χ4v) is 2.78. The van der Waals surface area contributed by atoms with E-state index < -0.39 is 12.1 Å². The van der Waals surface area contributed by atoms with Gasteiger partial charge in [-0.2, -0.15) is 0 Å². The van der Waals surface area contributed by atoms with E-state index in [1.54, 1.807) is 44.2 Å². The molecule has 120 valence electrons. The van der Waals surface area contributed by atoms with Gasteiger partial charge in [0.15, 0.2) is 6.10 Å². The van der Waals surface area contributed by atoms with Gasteiger partial charge in [0.25, 0.3) is 0 Å². The number of aromatic nitrogens is 1. The summed E-state index contributed by atoms with van der Waals surface area (Å²) in [7, 11) is 0. The molecule has 1 aromatic heterocycles. The van der Waals surface area contributed by atoms with E-state index in [0.29, 0.717) is 16.8 Å². The second-order valence-electron chi connectivity index (χ2n) is 5.17. The number of aryl methyl sites for hydroxylation is 2. The van der Waals surface area contributed by atoms with Crippen molar-refractivity contribution in [3.05, 3.63) is 62.3 Å². The van der Waals surface area contributed by atoms with Crippen LogP contribution in [-0.2, 0) is 4.74 Å². The van der Waals surface area contributed by atoms with Gasteiger partial charge in [0, 0.05) is 15.7 Å². The Morgan fingerprint density at radius 3 is 2.39 bits per heavy atom. The topological polar surface area (TPSA) is 56.3 Å². The molecule has 0 aliphatic heterocycles. The summed E-state index contributed by atoms with van der Waals surface area (Å²) < 4.78 is 6.13. The molecule has 23 heavy (non-hydrogen) atoms. The van der Waals surface area contributed by atoms with Crippen LogP contribution >= 0.6 is 27.5 Å². The normalized spacial score (nSPS) is 11.9. The number of Topliss-reactive ketones (excluding diaryl/α,β-unsaturated/α-hetero) is 1. The lowest BCUT2D eigenvalue weighted by molar-refractivity contribution is 0.0318. The summed E-state index contributed by atoms with van der Waals surface area (Å²) in [6.45, 7) is 5.07. The summed E-state index contributed by atoms with van der Waals surface area (Å²) >= 11 is 9.33. The first-order chi connectivity index (χ1) is 10.8. The van der Waals surface area contributed by atoms with Crippen molar-refractivity contribution in [2.24, 2.45) is 0 Å². The molecule has 1 aromatic carbocycles. The molecule has 4 nitrogen and oxygen atoms in total. The van der Waals surface area contributed by atoms with Crippen molar-refractivity contribution in [3.8, 4) is 0 Å². The first-order valence-corrected chi connectivity index (χ1v) is 8.11. The van der Waals surface area contributed by atoms with Crippen LogP contribution in [0.1, 0.15) is 38.9 Å². The molecular weight excluding hydrogens is 382 g/mol. The van der Waals surface area contributed by atoms with E-state index in [0.717, 1.165) is 4.47 Å². The lowest BCUT2D eigenvalue weighted by Crippen LogP contribution is -2.25. The van der Waals surface area contributed by atoms with Crippen molar-refractivity contribution in [2.75, 3.05) is 0 Å². The molecule has 0 fully saturated rings. The molecule has 0 unspecified atom stereocenters. The van der Waals surface area contributed by atoms with Gasteiger partial charge >= 0.3 is 5.97 Å². The fraction of sp³-hybridized carbons (Fsp3) is 0.235.